The molecule has 1 aromatic rings. The van der Waals surface area contributed by atoms with Crippen molar-refractivity contribution < 1.29 is 0 Å². The topological polar surface area (TPSA) is 76.9 Å². The van der Waals surface area contributed by atoms with Crippen LogP contribution < -0.4 is 17.1 Å². The Morgan fingerprint density at radius 3 is 1.62 bits per heavy atom. The van der Waals surface area contributed by atoms with Gasteiger partial charge in [0, 0.05) is 53.1 Å². The molecule has 69 valence electrons. The first-order valence-corrected chi connectivity index (χ1v) is 3.02. The standard InChI is InChI=1S/C3HCl2N3O3.ClH.Na/c4-7-1(9)6-2(10)8(5)3(7)11;;/h(H,6,9,10);1H;. The van der Waals surface area contributed by atoms with Crippen LogP contribution in [0.4, 0.5) is 0 Å². The van der Waals surface area contributed by atoms with Gasteiger partial charge in [-0.3, -0.25) is 4.98 Å². The molecule has 0 atom stereocenters. The Hall–Kier alpha value is 0.280. The molecule has 0 aromatic carbocycles. The van der Waals surface area contributed by atoms with Crippen LogP contribution in [-0.4, -0.2) is 42.7 Å². The second kappa shape index (κ2) is 5.90. The summed E-state index contributed by atoms with van der Waals surface area (Å²) in [6.45, 7) is 0. The summed E-state index contributed by atoms with van der Waals surface area (Å²) in [5, 5.41) is 0. The fourth-order valence-electron chi connectivity index (χ4n) is 0.440. The zero-order valence-corrected chi connectivity index (χ0v) is 10.6. The van der Waals surface area contributed by atoms with Gasteiger partial charge in [0.15, 0.2) is 0 Å². The Labute approximate surface area is 109 Å². The molecule has 0 saturated carbocycles. The summed E-state index contributed by atoms with van der Waals surface area (Å²) in [6, 6.07) is 0. The van der Waals surface area contributed by atoms with Crippen molar-refractivity contribution in [2.24, 2.45) is 0 Å². The van der Waals surface area contributed by atoms with E-state index in [-0.39, 0.29) is 50.1 Å². The first kappa shape index (κ1) is 15.7. The van der Waals surface area contributed by atoms with E-state index in [1.807, 2.05) is 0 Å². The normalized spacial score (nSPS) is 8.46. The molecule has 0 fully saturated rings. The molecule has 6 nitrogen and oxygen atoms in total. The molecular weight excluding hydrogens is 255 g/mol. The smallest absolute Gasteiger partial charge is 0.257 e. The molecule has 1 N–H and O–H groups in total. The number of nitrogens with one attached hydrogen (secondary N) is 1. The van der Waals surface area contributed by atoms with Crippen LogP contribution in [0.2, 0.25) is 0 Å². The van der Waals surface area contributed by atoms with Crippen molar-refractivity contribution >= 4 is 65.5 Å². The summed E-state index contributed by atoms with van der Waals surface area (Å²) in [6.07, 6.45) is 0. The van der Waals surface area contributed by atoms with Crippen LogP contribution in [0.25, 0.3) is 0 Å². The minimum atomic E-state index is -1.10. The number of aromatic nitrogens is 3. The molecule has 0 aliphatic rings. The molecule has 1 radical (unpaired) electrons. The zero-order valence-electron chi connectivity index (χ0n) is 6.28. The van der Waals surface area contributed by atoms with E-state index in [0.29, 0.717) is 0 Å². The molecule has 13 heavy (non-hydrogen) atoms. The molecule has 0 bridgehead atoms. The van der Waals surface area contributed by atoms with Gasteiger partial charge >= 0.3 is 17.1 Å². The van der Waals surface area contributed by atoms with E-state index in [2.05, 4.69) is 0 Å². The maximum Gasteiger partial charge on any atom is 0.366 e. The molecule has 0 saturated heterocycles. The summed E-state index contributed by atoms with van der Waals surface area (Å²) < 4.78 is 0.322. The number of rotatable bonds is 0. The average molecular weight is 257 g/mol. The molecule has 0 aliphatic heterocycles. The molecule has 0 spiro atoms. The SMILES string of the molecule is Cl.O=c1[nH]c(=O)n(Cl)c(=O)n1Cl.[Na]. The van der Waals surface area contributed by atoms with E-state index >= 15 is 0 Å². The van der Waals surface area contributed by atoms with Gasteiger partial charge in [-0.1, -0.05) is 0 Å². The Bertz CT molecular complexity index is 410. The van der Waals surface area contributed by atoms with Crippen LogP contribution in [0.5, 0.6) is 0 Å². The number of halogens is 3. The van der Waals surface area contributed by atoms with Crippen molar-refractivity contribution in [2.45, 2.75) is 0 Å². The maximum atomic E-state index is 10.7. The van der Waals surface area contributed by atoms with Crippen molar-refractivity contribution in [3.05, 3.63) is 31.5 Å². The third-order valence-electron chi connectivity index (χ3n) is 0.906. The van der Waals surface area contributed by atoms with Gasteiger partial charge in [0.05, 0.1) is 0 Å². The van der Waals surface area contributed by atoms with Crippen molar-refractivity contribution in [1.29, 1.82) is 0 Å². The van der Waals surface area contributed by atoms with E-state index < -0.39 is 17.1 Å². The van der Waals surface area contributed by atoms with Crippen molar-refractivity contribution in [1.82, 2.24) is 13.2 Å². The number of hydrogen-bond donors (Lipinski definition) is 1. The van der Waals surface area contributed by atoms with Crippen LogP contribution in [-0.2, 0) is 0 Å². The maximum absolute atomic E-state index is 10.7. The second-order valence-electron chi connectivity index (χ2n) is 1.58. The van der Waals surface area contributed by atoms with Crippen LogP contribution in [0, 0.1) is 0 Å². The monoisotopic (exact) mass is 256 g/mol. The van der Waals surface area contributed by atoms with Crippen LogP contribution in [0.3, 0.4) is 0 Å². The largest absolute Gasteiger partial charge is 0.366 e. The fourth-order valence-corrected chi connectivity index (χ4v) is 0.715. The summed E-state index contributed by atoms with van der Waals surface area (Å²) in [4.78, 5) is 33.4. The summed E-state index contributed by atoms with van der Waals surface area (Å²) in [7, 11) is 0. The van der Waals surface area contributed by atoms with Crippen molar-refractivity contribution in [3.8, 4) is 0 Å². The predicted molar refractivity (Wildman–Crippen MR) is 51.1 cm³/mol. The molecule has 0 unspecified atom stereocenters. The van der Waals surface area contributed by atoms with Crippen LogP contribution in [0.1, 0.15) is 0 Å². The molecular formula is C3H2Cl3N3NaO3. The molecule has 0 aliphatic carbocycles. The quantitative estimate of drug-likeness (QED) is 0.590. The number of nitrogens with zero attached hydrogens (tertiary/aromatic N) is 2. The van der Waals surface area contributed by atoms with Gasteiger partial charge in [-0.2, -0.15) is 0 Å². The van der Waals surface area contributed by atoms with Gasteiger partial charge in [-0.25, -0.2) is 14.4 Å². The van der Waals surface area contributed by atoms with E-state index in [9.17, 15) is 14.4 Å². The Morgan fingerprint density at radius 2 is 1.31 bits per heavy atom. The molecule has 10 heteroatoms. The first-order valence-electron chi connectivity index (χ1n) is 2.34. The minimum Gasteiger partial charge on any atom is -0.257 e. The molecule has 1 aromatic heterocycles. The average Bonchev–Trinajstić information content (AvgIpc) is 1.97. The van der Waals surface area contributed by atoms with Crippen LogP contribution >= 0.6 is 36.0 Å². The van der Waals surface area contributed by atoms with Gasteiger partial charge in [0.25, 0.3) is 0 Å². The van der Waals surface area contributed by atoms with Crippen molar-refractivity contribution in [2.75, 3.05) is 0 Å². The number of H-pyrrole nitrogens is 1. The van der Waals surface area contributed by atoms with Gasteiger partial charge in [0.2, 0.25) is 0 Å². The van der Waals surface area contributed by atoms with E-state index in [0.717, 1.165) is 0 Å². The van der Waals surface area contributed by atoms with Crippen molar-refractivity contribution in [3.63, 3.8) is 0 Å². The van der Waals surface area contributed by atoms with E-state index in [4.69, 9.17) is 23.6 Å². The van der Waals surface area contributed by atoms with E-state index in [1.165, 1.54) is 0 Å². The summed E-state index contributed by atoms with van der Waals surface area (Å²) in [5.41, 5.74) is -3.13. The Morgan fingerprint density at radius 1 is 1.00 bits per heavy atom. The Kier molecular flexibility index (Phi) is 7.14. The molecule has 0 amide bonds. The summed E-state index contributed by atoms with van der Waals surface area (Å²) >= 11 is 10.1. The zero-order chi connectivity index (χ0) is 8.59. The third kappa shape index (κ3) is 3.16. The Balaban J connectivity index is 0. The molecule has 1 heterocycles. The predicted octanol–water partition coefficient (Wildman–Crippen LogP) is -1.26. The van der Waals surface area contributed by atoms with Gasteiger partial charge in [-0.05, 0) is 0 Å². The third-order valence-corrected chi connectivity index (χ3v) is 1.50. The number of hydrogen-bond acceptors (Lipinski definition) is 3. The minimum absolute atomic E-state index is 0. The number of aromatic amines is 1. The fraction of sp³-hybridized carbons (Fsp3) is 0. The first-order chi connectivity index (χ1) is 5.04. The van der Waals surface area contributed by atoms with E-state index in [1.54, 1.807) is 4.98 Å². The second-order valence-corrected chi connectivity index (χ2v) is 2.26. The van der Waals surface area contributed by atoms with Crippen LogP contribution in [0.15, 0.2) is 14.4 Å². The summed E-state index contributed by atoms with van der Waals surface area (Å²) in [5.74, 6) is 0. The van der Waals surface area contributed by atoms with Gasteiger partial charge < -0.3 is 0 Å². The van der Waals surface area contributed by atoms with Gasteiger partial charge in [-0.15, -0.1) is 20.6 Å². The van der Waals surface area contributed by atoms with Gasteiger partial charge in [0.1, 0.15) is 0 Å². The molecule has 1 rings (SSSR count).